The Morgan fingerprint density at radius 1 is 1.53 bits per heavy atom. The first-order chi connectivity index (χ1) is 7.20. The first kappa shape index (κ1) is 10.6. The van der Waals surface area contributed by atoms with Crippen LogP contribution >= 0.6 is 0 Å². The molecule has 1 aromatic carbocycles. The van der Waals surface area contributed by atoms with Gasteiger partial charge in [-0.25, -0.2) is 4.39 Å². The number of halogens is 1. The zero-order chi connectivity index (χ0) is 10.8. The molecule has 2 rings (SSSR count). The fourth-order valence-electron chi connectivity index (χ4n) is 1.69. The number of ether oxygens (including phenoxy) is 1. The molecule has 0 saturated heterocycles. The third kappa shape index (κ3) is 2.19. The van der Waals surface area contributed by atoms with Crippen LogP contribution in [0.3, 0.4) is 0 Å². The number of hydrogen-bond acceptors (Lipinski definition) is 3. The zero-order valence-electron chi connectivity index (χ0n) is 8.11. The predicted molar refractivity (Wildman–Crippen MR) is 54.2 cm³/mol. The van der Waals surface area contributed by atoms with E-state index in [1.807, 2.05) is 0 Å². The molecule has 0 fully saturated rings. The van der Waals surface area contributed by atoms with Crippen molar-refractivity contribution in [2.75, 3.05) is 6.23 Å². The molecular formula is C10H12FO3Si. The highest BCUT2D eigenvalue weighted by Gasteiger charge is 2.28. The summed E-state index contributed by atoms with van der Waals surface area (Å²) >= 11 is 0. The lowest BCUT2D eigenvalue weighted by Gasteiger charge is -2.27. The maximum atomic E-state index is 12.9. The van der Waals surface area contributed by atoms with Gasteiger partial charge < -0.3 is 14.6 Å². The zero-order valence-corrected chi connectivity index (χ0v) is 9.11. The fourth-order valence-corrected chi connectivity index (χ4v) is 2.64. The molecule has 0 aliphatic carbocycles. The first-order valence-corrected chi connectivity index (χ1v) is 6.54. The Hall–Kier alpha value is -0.913. The molecular weight excluding hydrogens is 215 g/mol. The van der Waals surface area contributed by atoms with Crippen LogP contribution in [0.15, 0.2) is 18.2 Å². The van der Waals surface area contributed by atoms with Crippen LogP contribution in [-0.2, 0) is 6.42 Å². The quantitative estimate of drug-likeness (QED) is 0.726. The van der Waals surface area contributed by atoms with Crippen LogP contribution in [0.5, 0.6) is 5.75 Å². The van der Waals surface area contributed by atoms with Gasteiger partial charge in [-0.1, -0.05) is 0 Å². The van der Waals surface area contributed by atoms with Crippen molar-refractivity contribution in [1.29, 1.82) is 0 Å². The van der Waals surface area contributed by atoms with Crippen LogP contribution in [-0.4, -0.2) is 30.9 Å². The molecule has 3 nitrogen and oxygen atoms in total. The van der Waals surface area contributed by atoms with Crippen LogP contribution in [0, 0.1) is 5.82 Å². The van der Waals surface area contributed by atoms with Crippen molar-refractivity contribution in [1.82, 2.24) is 0 Å². The van der Waals surface area contributed by atoms with E-state index in [1.54, 1.807) is 6.07 Å². The third-order valence-corrected chi connectivity index (χ3v) is 3.98. The maximum Gasteiger partial charge on any atom is 0.279 e. The normalized spacial score (nSPS) is 19.9. The molecule has 15 heavy (non-hydrogen) atoms. The molecule has 1 atom stereocenters. The summed E-state index contributed by atoms with van der Waals surface area (Å²) in [4.78, 5) is 9.52. The molecule has 2 N–H and O–H groups in total. The monoisotopic (exact) mass is 227 g/mol. The summed E-state index contributed by atoms with van der Waals surface area (Å²) in [5.41, 5.74) is 0.539. The smallest absolute Gasteiger partial charge is 0.279 e. The largest absolute Gasteiger partial charge is 0.491 e. The topological polar surface area (TPSA) is 49.7 Å². The predicted octanol–water partition coefficient (Wildman–Crippen LogP) is 0.574. The summed E-state index contributed by atoms with van der Waals surface area (Å²) in [5.74, 6) is 0.352. The SMILES string of the molecule is OC[Si](O)[C@@H]1CCc2cc(F)ccc2O1. The minimum atomic E-state index is -1.84. The number of aliphatic hydroxyl groups excluding tert-OH is 1. The Kier molecular flexibility index (Phi) is 3.04. The van der Waals surface area contributed by atoms with Gasteiger partial charge in [-0.3, -0.25) is 0 Å². The van der Waals surface area contributed by atoms with E-state index >= 15 is 0 Å². The second kappa shape index (κ2) is 4.30. The van der Waals surface area contributed by atoms with E-state index in [2.05, 4.69) is 0 Å². The highest BCUT2D eigenvalue weighted by Crippen LogP contribution is 2.28. The molecule has 1 aliphatic heterocycles. The highest BCUT2D eigenvalue weighted by atomic mass is 28.3. The van der Waals surface area contributed by atoms with Crippen molar-refractivity contribution in [3.63, 3.8) is 0 Å². The highest BCUT2D eigenvalue weighted by molar-refractivity contribution is 6.51. The number of aryl methyl sites for hydroxylation is 1. The van der Waals surface area contributed by atoms with Gasteiger partial charge in [-0.2, -0.15) is 0 Å². The van der Waals surface area contributed by atoms with E-state index in [0.29, 0.717) is 18.6 Å². The van der Waals surface area contributed by atoms with Gasteiger partial charge in [-0.05, 0) is 36.6 Å². The molecule has 1 radical (unpaired) electrons. The molecule has 1 heterocycles. The minimum absolute atomic E-state index is 0.216. The Morgan fingerprint density at radius 3 is 3.07 bits per heavy atom. The molecule has 5 heteroatoms. The Balaban J connectivity index is 2.16. The standard InChI is InChI=1S/C10H12FO3Si/c11-8-2-3-9-7(5-8)1-4-10(14-9)15(13)6-12/h2-3,5,10,12-13H,1,4,6H2/t10-/m1/s1. The summed E-state index contributed by atoms with van der Waals surface area (Å²) in [7, 11) is -1.84. The molecule has 81 valence electrons. The maximum absolute atomic E-state index is 12.9. The average Bonchev–Trinajstić information content (AvgIpc) is 2.27. The number of benzene rings is 1. The number of fused-ring (bicyclic) bond motifs is 1. The molecule has 0 saturated carbocycles. The van der Waals surface area contributed by atoms with Gasteiger partial charge in [0.1, 0.15) is 17.3 Å². The van der Waals surface area contributed by atoms with Crippen molar-refractivity contribution in [3.8, 4) is 5.75 Å². The Morgan fingerprint density at radius 2 is 2.33 bits per heavy atom. The van der Waals surface area contributed by atoms with E-state index in [9.17, 15) is 9.19 Å². The lowest BCUT2D eigenvalue weighted by molar-refractivity contribution is 0.210. The van der Waals surface area contributed by atoms with E-state index < -0.39 is 9.04 Å². The average molecular weight is 227 g/mol. The Bertz CT molecular complexity index is 359. The lowest BCUT2D eigenvalue weighted by atomic mass is 10.1. The van der Waals surface area contributed by atoms with Crippen molar-refractivity contribution in [2.45, 2.75) is 18.6 Å². The van der Waals surface area contributed by atoms with Gasteiger partial charge in [0, 0.05) is 0 Å². The molecule has 0 amide bonds. The number of hydrogen-bond donors (Lipinski definition) is 2. The van der Waals surface area contributed by atoms with Gasteiger partial charge in [0.25, 0.3) is 9.04 Å². The summed E-state index contributed by atoms with van der Waals surface area (Å²) in [6.45, 7) is 0. The van der Waals surface area contributed by atoms with Crippen molar-refractivity contribution in [2.24, 2.45) is 0 Å². The van der Waals surface area contributed by atoms with E-state index in [4.69, 9.17) is 9.84 Å². The first-order valence-electron chi connectivity index (χ1n) is 4.81. The van der Waals surface area contributed by atoms with Gasteiger partial charge in [0.15, 0.2) is 0 Å². The van der Waals surface area contributed by atoms with Crippen molar-refractivity contribution in [3.05, 3.63) is 29.6 Å². The second-order valence-corrected chi connectivity index (χ2v) is 5.49. The molecule has 0 bridgehead atoms. The number of aliphatic hydroxyl groups is 1. The van der Waals surface area contributed by atoms with Gasteiger partial charge in [0.2, 0.25) is 0 Å². The minimum Gasteiger partial charge on any atom is -0.491 e. The molecule has 0 spiro atoms. The summed E-state index contributed by atoms with van der Waals surface area (Å²) in [5, 5.41) is 8.83. The van der Waals surface area contributed by atoms with Crippen LogP contribution in [0.25, 0.3) is 0 Å². The van der Waals surface area contributed by atoms with Gasteiger partial charge in [0.05, 0.1) is 6.23 Å². The van der Waals surface area contributed by atoms with Crippen molar-refractivity contribution >= 4 is 9.04 Å². The second-order valence-electron chi connectivity index (χ2n) is 3.55. The lowest BCUT2D eigenvalue weighted by Crippen LogP contribution is -2.41. The summed E-state index contributed by atoms with van der Waals surface area (Å²) in [6.07, 6.45) is 1.11. The van der Waals surface area contributed by atoms with Gasteiger partial charge in [-0.15, -0.1) is 0 Å². The summed E-state index contributed by atoms with van der Waals surface area (Å²) in [6, 6.07) is 4.36. The van der Waals surface area contributed by atoms with Crippen LogP contribution < -0.4 is 4.74 Å². The van der Waals surface area contributed by atoms with E-state index in [-0.39, 0.29) is 17.8 Å². The van der Waals surface area contributed by atoms with E-state index in [1.165, 1.54) is 12.1 Å². The summed E-state index contributed by atoms with van der Waals surface area (Å²) < 4.78 is 18.4. The number of rotatable bonds is 2. The molecule has 1 aromatic rings. The fraction of sp³-hybridized carbons (Fsp3) is 0.400. The van der Waals surface area contributed by atoms with Crippen LogP contribution in [0.2, 0.25) is 0 Å². The molecule has 0 aromatic heterocycles. The molecule has 1 aliphatic rings. The Labute approximate surface area is 88.9 Å². The van der Waals surface area contributed by atoms with Crippen LogP contribution in [0.4, 0.5) is 4.39 Å². The third-order valence-electron chi connectivity index (χ3n) is 2.50. The molecule has 0 unspecified atom stereocenters. The van der Waals surface area contributed by atoms with Crippen molar-refractivity contribution < 1.29 is 19.0 Å². The van der Waals surface area contributed by atoms with Gasteiger partial charge >= 0.3 is 0 Å². The van der Waals surface area contributed by atoms with Crippen LogP contribution in [0.1, 0.15) is 12.0 Å². The van der Waals surface area contributed by atoms with E-state index in [0.717, 1.165) is 5.56 Å².